The Bertz CT molecular complexity index is 534. The molecule has 0 bridgehead atoms. The van der Waals surface area contributed by atoms with Gasteiger partial charge in [-0.3, -0.25) is 0 Å². The average molecular weight is 269 g/mol. The first-order valence-corrected chi connectivity index (χ1v) is 7.34. The molecule has 1 unspecified atom stereocenters. The van der Waals surface area contributed by atoms with E-state index < -0.39 is 0 Å². The van der Waals surface area contributed by atoms with Crippen molar-refractivity contribution in [3.05, 3.63) is 47.9 Å². The van der Waals surface area contributed by atoms with Gasteiger partial charge in [0, 0.05) is 18.2 Å². The molecule has 0 aliphatic rings. The fourth-order valence-corrected chi connectivity index (χ4v) is 2.18. The molecule has 0 aliphatic heterocycles. The van der Waals surface area contributed by atoms with Crippen molar-refractivity contribution in [1.29, 1.82) is 0 Å². The minimum absolute atomic E-state index is 0.414. The Morgan fingerprint density at radius 3 is 2.55 bits per heavy atom. The molecule has 2 aromatic rings. The molecule has 0 saturated heterocycles. The lowest BCUT2D eigenvalue weighted by Gasteiger charge is -2.08. The average Bonchev–Trinajstić information content (AvgIpc) is 2.48. The Morgan fingerprint density at radius 2 is 1.90 bits per heavy atom. The van der Waals surface area contributed by atoms with Gasteiger partial charge in [0.2, 0.25) is 0 Å². The number of aromatic nitrogens is 2. The second kappa shape index (κ2) is 7.15. The van der Waals surface area contributed by atoms with Crippen LogP contribution in [0, 0.1) is 5.92 Å². The smallest absolute Gasteiger partial charge is 0.129 e. The molecule has 1 aromatic carbocycles. The minimum atomic E-state index is 0.414. The quantitative estimate of drug-likeness (QED) is 0.876. The van der Waals surface area contributed by atoms with E-state index in [0.717, 1.165) is 29.9 Å². The normalized spacial score (nSPS) is 12.3. The van der Waals surface area contributed by atoms with E-state index in [2.05, 4.69) is 48.1 Å². The summed E-state index contributed by atoms with van der Waals surface area (Å²) in [5.41, 5.74) is 9.17. The van der Waals surface area contributed by atoms with E-state index in [4.69, 9.17) is 5.73 Å². The molecule has 106 valence electrons. The van der Waals surface area contributed by atoms with Gasteiger partial charge in [0.1, 0.15) is 5.82 Å². The third kappa shape index (κ3) is 3.87. The van der Waals surface area contributed by atoms with Crippen LogP contribution in [0.4, 0.5) is 0 Å². The maximum absolute atomic E-state index is 5.66. The number of nitrogens with zero attached hydrogens (tertiary/aromatic N) is 2. The van der Waals surface area contributed by atoms with Crippen LogP contribution in [0.1, 0.15) is 31.7 Å². The van der Waals surface area contributed by atoms with Gasteiger partial charge >= 0.3 is 0 Å². The summed E-state index contributed by atoms with van der Waals surface area (Å²) in [6.45, 7) is 4.98. The number of nitrogens with two attached hydrogens (primary N) is 1. The zero-order valence-electron chi connectivity index (χ0n) is 12.3. The van der Waals surface area contributed by atoms with Crippen molar-refractivity contribution in [3.8, 4) is 11.3 Å². The van der Waals surface area contributed by atoms with Gasteiger partial charge in [0.25, 0.3) is 0 Å². The minimum Gasteiger partial charge on any atom is -0.330 e. The van der Waals surface area contributed by atoms with Crippen LogP contribution in [0.3, 0.4) is 0 Å². The highest BCUT2D eigenvalue weighted by Crippen LogP contribution is 2.18. The second-order valence-corrected chi connectivity index (χ2v) is 5.35. The first-order valence-electron chi connectivity index (χ1n) is 7.34. The van der Waals surface area contributed by atoms with Crippen molar-refractivity contribution in [2.45, 2.75) is 33.1 Å². The molecule has 3 nitrogen and oxygen atoms in total. The van der Waals surface area contributed by atoms with Crippen molar-refractivity contribution in [2.75, 3.05) is 6.54 Å². The van der Waals surface area contributed by atoms with Crippen molar-refractivity contribution >= 4 is 0 Å². The lowest BCUT2D eigenvalue weighted by atomic mass is 10.1. The zero-order chi connectivity index (χ0) is 14.4. The van der Waals surface area contributed by atoms with Gasteiger partial charge in [-0.1, -0.05) is 44.5 Å². The van der Waals surface area contributed by atoms with Gasteiger partial charge in [-0.2, -0.15) is 0 Å². The summed E-state index contributed by atoms with van der Waals surface area (Å²) in [4.78, 5) is 8.97. The Balaban J connectivity index is 2.17. The largest absolute Gasteiger partial charge is 0.330 e. The summed E-state index contributed by atoms with van der Waals surface area (Å²) < 4.78 is 0. The van der Waals surface area contributed by atoms with E-state index in [-0.39, 0.29) is 0 Å². The van der Waals surface area contributed by atoms with E-state index in [0.29, 0.717) is 12.5 Å². The molecule has 2 N–H and O–H groups in total. The fraction of sp³-hybridized carbons (Fsp3) is 0.412. The monoisotopic (exact) mass is 269 g/mol. The van der Waals surface area contributed by atoms with E-state index in [9.17, 15) is 0 Å². The fourth-order valence-electron chi connectivity index (χ4n) is 2.18. The molecule has 3 heteroatoms. The Hall–Kier alpha value is -1.74. The molecule has 2 rings (SSSR count). The summed E-state index contributed by atoms with van der Waals surface area (Å²) >= 11 is 0. The highest BCUT2D eigenvalue weighted by molar-refractivity contribution is 5.59. The van der Waals surface area contributed by atoms with Crippen molar-refractivity contribution in [3.63, 3.8) is 0 Å². The highest BCUT2D eigenvalue weighted by Gasteiger charge is 2.06. The molecule has 0 aliphatic carbocycles. The third-order valence-electron chi connectivity index (χ3n) is 3.43. The predicted octanol–water partition coefficient (Wildman–Crippen LogP) is 3.23. The molecule has 0 spiro atoms. The first-order chi connectivity index (χ1) is 9.72. The van der Waals surface area contributed by atoms with Crippen LogP contribution in [0.5, 0.6) is 0 Å². The second-order valence-electron chi connectivity index (χ2n) is 5.35. The standard InChI is InChI=1S/C17H23N3/c1-3-4-14-5-7-15(8-6-14)16-9-10-19-17(20-16)11-13(2)12-18/h5-10,13H,3-4,11-12,18H2,1-2H3. The summed E-state index contributed by atoms with van der Waals surface area (Å²) in [5, 5.41) is 0. The van der Waals surface area contributed by atoms with Gasteiger partial charge in [-0.05, 0) is 30.5 Å². The van der Waals surface area contributed by atoms with Crippen LogP contribution < -0.4 is 5.73 Å². The summed E-state index contributed by atoms with van der Waals surface area (Å²) in [6, 6.07) is 10.6. The molecule has 0 amide bonds. The molecule has 1 heterocycles. The van der Waals surface area contributed by atoms with Crippen molar-refractivity contribution < 1.29 is 0 Å². The van der Waals surface area contributed by atoms with E-state index >= 15 is 0 Å². The van der Waals surface area contributed by atoms with Gasteiger partial charge < -0.3 is 5.73 Å². The molecular formula is C17H23N3. The maximum atomic E-state index is 5.66. The molecule has 1 atom stereocenters. The number of rotatable bonds is 6. The van der Waals surface area contributed by atoms with Gasteiger partial charge in [0.15, 0.2) is 0 Å². The molecular weight excluding hydrogens is 246 g/mol. The van der Waals surface area contributed by atoms with E-state index in [1.54, 1.807) is 0 Å². The molecule has 1 aromatic heterocycles. The Kier molecular flexibility index (Phi) is 5.24. The van der Waals surface area contributed by atoms with Crippen molar-refractivity contribution in [1.82, 2.24) is 9.97 Å². The van der Waals surface area contributed by atoms with Crippen LogP contribution in [-0.2, 0) is 12.8 Å². The Labute approximate surface area is 121 Å². The lowest BCUT2D eigenvalue weighted by Crippen LogP contribution is -2.14. The zero-order valence-corrected chi connectivity index (χ0v) is 12.3. The third-order valence-corrected chi connectivity index (χ3v) is 3.43. The maximum Gasteiger partial charge on any atom is 0.129 e. The summed E-state index contributed by atoms with van der Waals surface area (Å²) in [7, 11) is 0. The number of benzene rings is 1. The first kappa shape index (κ1) is 14.7. The number of hydrogen-bond donors (Lipinski definition) is 1. The van der Waals surface area contributed by atoms with Crippen LogP contribution >= 0.6 is 0 Å². The highest BCUT2D eigenvalue weighted by atomic mass is 14.9. The molecule has 20 heavy (non-hydrogen) atoms. The van der Waals surface area contributed by atoms with Crippen LogP contribution in [0.25, 0.3) is 11.3 Å². The number of aryl methyl sites for hydroxylation is 1. The van der Waals surface area contributed by atoms with Gasteiger partial charge in [-0.25, -0.2) is 9.97 Å². The van der Waals surface area contributed by atoms with Gasteiger partial charge in [0.05, 0.1) is 5.69 Å². The van der Waals surface area contributed by atoms with Crippen LogP contribution in [0.2, 0.25) is 0 Å². The molecule has 0 fully saturated rings. The van der Waals surface area contributed by atoms with E-state index in [1.165, 1.54) is 12.0 Å². The van der Waals surface area contributed by atoms with E-state index in [1.807, 2.05) is 12.3 Å². The predicted molar refractivity (Wildman–Crippen MR) is 83.4 cm³/mol. The van der Waals surface area contributed by atoms with Crippen LogP contribution in [-0.4, -0.2) is 16.5 Å². The molecule has 0 saturated carbocycles. The number of hydrogen-bond acceptors (Lipinski definition) is 3. The summed E-state index contributed by atoms with van der Waals surface area (Å²) in [5.74, 6) is 1.29. The SMILES string of the molecule is CCCc1ccc(-c2ccnc(CC(C)CN)n2)cc1. The van der Waals surface area contributed by atoms with Gasteiger partial charge in [-0.15, -0.1) is 0 Å². The van der Waals surface area contributed by atoms with Crippen LogP contribution in [0.15, 0.2) is 36.5 Å². The van der Waals surface area contributed by atoms with Crippen molar-refractivity contribution in [2.24, 2.45) is 11.7 Å². The Morgan fingerprint density at radius 1 is 1.15 bits per heavy atom. The molecule has 0 radical (unpaired) electrons. The summed E-state index contributed by atoms with van der Waals surface area (Å²) in [6.07, 6.45) is 4.97. The topological polar surface area (TPSA) is 51.8 Å². The lowest BCUT2D eigenvalue weighted by molar-refractivity contribution is 0.574.